The Morgan fingerprint density at radius 1 is 1.08 bits per heavy atom. The number of hydrogen-bond acceptors (Lipinski definition) is 4. The molecule has 2 rings (SSSR count). The molecule has 0 saturated heterocycles. The zero-order valence-electron chi connectivity index (χ0n) is 15.0. The molecule has 6 nitrogen and oxygen atoms in total. The third-order valence-electron chi connectivity index (χ3n) is 4.15. The number of ketones is 1. The van der Waals surface area contributed by atoms with Crippen LogP contribution in [0, 0.1) is 6.92 Å². The number of hydrogen-bond donors (Lipinski definition) is 2. The van der Waals surface area contributed by atoms with E-state index in [-0.39, 0.29) is 0 Å². The molecular weight excluding hydrogens is 332 g/mol. The highest BCUT2D eigenvalue weighted by molar-refractivity contribution is 6.10. The molecule has 0 fully saturated rings. The van der Waals surface area contributed by atoms with Gasteiger partial charge in [-0.25, -0.2) is 0 Å². The van der Waals surface area contributed by atoms with Crippen molar-refractivity contribution < 1.29 is 19.5 Å². The lowest BCUT2D eigenvalue weighted by Crippen LogP contribution is -2.52. The minimum absolute atomic E-state index is 0.351. The summed E-state index contributed by atoms with van der Waals surface area (Å²) in [6, 6.07) is 13.6. The predicted molar refractivity (Wildman–Crippen MR) is 98.7 cm³/mol. The molecule has 136 valence electrons. The van der Waals surface area contributed by atoms with Crippen molar-refractivity contribution in [3.63, 3.8) is 0 Å². The highest BCUT2D eigenvalue weighted by Gasteiger charge is 2.32. The van der Waals surface area contributed by atoms with Crippen molar-refractivity contribution in [1.29, 1.82) is 0 Å². The van der Waals surface area contributed by atoms with Crippen LogP contribution in [0.1, 0.15) is 15.9 Å². The fourth-order valence-electron chi connectivity index (χ4n) is 2.71. The van der Waals surface area contributed by atoms with Gasteiger partial charge in [-0.05, 0) is 30.2 Å². The van der Waals surface area contributed by atoms with Gasteiger partial charge in [-0.1, -0.05) is 42.0 Å². The molecule has 0 spiro atoms. The van der Waals surface area contributed by atoms with Crippen LogP contribution in [0.3, 0.4) is 0 Å². The Bertz CT molecular complexity index is 799. The van der Waals surface area contributed by atoms with Gasteiger partial charge in [0.2, 0.25) is 5.91 Å². The summed E-state index contributed by atoms with van der Waals surface area (Å²) in [4.78, 5) is 37.5. The average Bonchev–Trinajstić information content (AvgIpc) is 2.67. The zero-order chi connectivity index (χ0) is 19.3. The summed E-state index contributed by atoms with van der Waals surface area (Å²) in [7, 11) is 2.74. The van der Waals surface area contributed by atoms with Gasteiger partial charge in [-0.2, -0.15) is 0 Å². The first-order chi connectivity index (χ1) is 12.4. The highest BCUT2D eigenvalue weighted by atomic mass is 16.3. The molecule has 6 heteroatoms. The van der Waals surface area contributed by atoms with Crippen molar-refractivity contribution in [2.75, 3.05) is 20.7 Å². The monoisotopic (exact) mass is 354 g/mol. The summed E-state index contributed by atoms with van der Waals surface area (Å²) in [6.07, 6.45) is 0. The van der Waals surface area contributed by atoms with E-state index in [0.717, 1.165) is 21.6 Å². The maximum absolute atomic E-state index is 12.6. The van der Waals surface area contributed by atoms with Crippen LogP contribution in [-0.4, -0.2) is 54.3 Å². The van der Waals surface area contributed by atoms with Crippen LogP contribution in [0.4, 0.5) is 0 Å². The first-order valence-electron chi connectivity index (χ1n) is 8.18. The van der Waals surface area contributed by atoms with Crippen LogP contribution < -0.4 is 5.32 Å². The summed E-state index contributed by atoms with van der Waals surface area (Å²) in [6.45, 7) is 1.19. The van der Waals surface area contributed by atoms with E-state index in [2.05, 4.69) is 5.32 Å². The number of aryl methyl sites for hydroxylation is 1. The van der Waals surface area contributed by atoms with E-state index in [1.807, 2.05) is 43.3 Å². The van der Waals surface area contributed by atoms with Crippen molar-refractivity contribution >= 4 is 17.6 Å². The van der Waals surface area contributed by atoms with Crippen molar-refractivity contribution in [3.8, 4) is 11.1 Å². The zero-order valence-corrected chi connectivity index (χ0v) is 15.0. The number of nitrogens with one attached hydrogen (secondary N) is 1. The average molecular weight is 354 g/mol. The molecule has 0 aliphatic heterocycles. The maximum atomic E-state index is 12.6. The third-order valence-corrected chi connectivity index (χ3v) is 4.15. The molecule has 0 aliphatic carbocycles. The van der Waals surface area contributed by atoms with E-state index in [1.54, 1.807) is 12.1 Å². The Hall–Kier alpha value is -2.99. The molecule has 26 heavy (non-hydrogen) atoms. The number of aliphatic hydroxyl groups is 1. The van der Waals surface area contributed by atoms with Crippen LogP contribution in [0.15, 0.2) is 48.5 Å². The SMILES string of the molecule is CNC(=O)C(C(=O)CO)N(C)C(=O)c1ccc(-c2cccc(C)c2)cc1. The number of amides is 2. The summed E-state index contributed by atoms with van der Waals surface area (Å²) in [5, 5.41) is 11.4. The number of benzene rings is 2. The maximum Gasteiger partial charge on any atom is 0.254 e. The summed E-state index contributed by atoms with van der Waals surface area (Å²) in [5.41, 5.74) is 3.49. The van der Waals surface area contributed by atoms with Gasteiger partial charge >= 0.3 is 0 Å². The van der Waals surface area contributed by atoms with Crippen LogP contribution in [0.2, 0.25) is 0 Å². The summed E-state index contributed by atoms with van der Waals surface area (Å²) in [5.74, 6) is -1.86. The Morgan fingerprint density at radius 3 is 2.27 bits per heavy atom. The molecule has 2 aromatic rings. The second-order valence-corrected chi connectivity index (χ2v) is 6.00. The van der Waals surface area contributed by atoms with Crippen molar-refractivity contribution in [2.45, 2.75) is 13.0 Å². The van der Waals surface area contributed by atoms with E-state index < -0.39 is 30.2 Å². The number of nitrogens with zero attached hydrogens (tertiary/aromatic N) is 1. The van der Waals surface area contributed by atoms with E-state index >= 15 is 0 Å². The molecule has 0 aromatic heterocycles. The van der Waals surface area contributed by atoms with Crippen LogP contribution in [-0.2, 0) is 9.59 Å². The molecule has 1 atom stereocenters. The van der Waals surface area contributed by atoms with E-state index in [9.17, 15) is 14.4 Å². The van der Waals surface area contributed by atoms with Gasteiger partial charge in [0.15, 0.2) is 11.8 Å². The smallest absolute Gasteiger partial charge is 0.254 e. The molecule has 2 amide bonds. The second kappa shape index (κ2) is 8.40. The lowest BCUT2D eigenvalue weighted by atomic mass is 10.0. The van der Waals surface area contributed by atoms with Gasteiger partial charge in [-0.3, -0.25) is 14.4 Å². The minimum Gasteiger partial charge on any atom is -0.388 e. The molecule has 2 aromatic carbocycles. The predicted octanol–water partition coefficient (Wildman–Crippen LogP) is 1.41. The summed E-state index contributed by atoms with van der Waals surface area (Å²) < 4.78 is 0. The van der Waals surface area contributed by atoms with E-state index in [0.29, 0.717) is 5.56 Å². The first kappa shape index (κ1) is 19.3. The lowest BCUT2D eigenvalue weighted by Gasteiger charge is -2.25. The minimum atomic E-state index is -1.37. The number of likely N-dealkylation sites (N-methyl/N-ethyl adjacent to an activating group) is 2. The number of rotatable bonds is 6. The lowest BCUT2D eigenvalue weighted by molar-refractivity contribution is -0.135. The largest absolute Gasteiger partial charge is 0.388 e. The number of aliphatic hydroxyl groups excluding tert-OH is 1. The standard InChI is InChI=1S/C20H22N2O4/c1-13-5-4-6-16(11-13)14-7-9-15(10-8-14)20(26)22(3)18(17(24)12-23)19(25)21-2/h4-11,18,23H,12H2,1-3H3,(H,21,25). The van der Waals surface area contributed by atoms with Crippen molar-refractivity contribution in [2.24, 2.45) is 0 Å². The second-order valence-electron chi connectivity index (χ2n) is 6.00. The fourth-order valence-corrected chi connectivity index (χ4v) is 2.71. The topological polar surface area (TPSA) is 86.7 Å². The number of Topliss-reactive ketones (excluding diaryl/α,β-unsaturated/α-hetero) is 1. The van der Waals surface area contributed by atoms with Crippen LogP contribution in [0.25, 0.3) is 11.1 Å². The normalized spacial score (nSPS) is 11.5. The van der Waals surface area contributed by atoms with Gasteiger partial charge in [0.25, 0.3) is 5.91 Å². The van der Waals surface area contributed by atoms with E-state index in [4.69, 9.17) is 5.11 Å². The Morgan fingerprint density at radius 2 is 1.73 bits per heavy atom. The molecule has 0 saturated carbocycles. The van der Waals surface area contributed by atoms with Crippen molar-refractivity contribution in [3.05, 3.63) is 59.7 Å². The van der Waals surface area contributed by atoms with Crippen LogP contribution in [0.5, 0.6) is 0 Å². The molecule has 0 radical (unpaired) electrons. The van der Waals surface area contributed by atoms with Crippen LogP contribution >= 0.6 is 0 Å². The fraction of sp³-hybridized carbons (Fsp3) is 0.250. The van der Waals surface area contributed by atoms with Gasteiger partial charge in [0.05, 0.1) is 0 Å². The Balaban J connectivity index is 2.25. The number of carbonyl (C=O) groups is 3. The molecule has 1 unspecified atom stereocenters. The third kappa shape index (κ3) is 4.15. The van der Waals surface area contributed by atoms with Gasteiger partial charge in [0.1, 0.15) is 6.61 Å². The molecule has 0 heterocycles. The highest BCUT2D eigenvalue weighted by Crippen LogP contribution is 2.21. The van der Waals surface area contributed by atoms with Gasteiger partial charge in [0, 0.05) is 19.7 Å². The molecule has 0 bridgehead atoms. The van der Waals surface area contributed by atoms with Gasteiger partial charge < -0.3 is 15.3 Å². The Kier molecular flexibility index (Phi) is 6.25. The van der Waals surface area contributed by atoms with Crippen molar-refractivity contribution in [1.82, 2.24) is 10.2 Å². The van der Waals surface area contributed by atoms with Gasteiger partial charge in [-0.15, -0.1) is 0 Å². The molecular formula is C20H22N2O4. The number of carbonyl (C=O) groups excluding carboxylic acids is 3. The summed E-state index contributed by atoms with van der Waals surface area (Å²) >= 11 is 0. The van der Waals surface area contributed by atoms with E-state index in [1.165, 1.54) is 14.1 Å². The Labute approximate surface area is 152 Å². The molecule has 2 N–H and O–H groups in total. The first-order valence-corrected chi connectivity index (χ1v) is 8.18. The molecule has 0 aliphatic rings. The quantitative estimate of drug-likeness (QED) is 0.768.